The molecule has 0 bridgehead atoms. The summed E-state index contributed by atoms with van der Waals surface area (Å²) >= 11 is 1.22. The van der Waals surface area contributed by atoms with Crippen LogP contribution in [0.3, 0.4) is 0 Å². The van der Waals surface area contributed by atoms with E-state index in [9.17, 15) is 14.9 Å². The molecule has 0 atom stereocenters. The van der Waals surface area contributed by atoms with E-state index in [-0.39, 0.29) is 11.3 Å². The minimum absolute atomic E-state index is 0.0124. The molecule has 6 nitrogen and oxygen atoms in total. The highest BCUT2D eigenvalue weighted by atomic mass is 32.1. The molecule has 0 unspecified atom stereocenters. The SMILES string of the molecule is NC(=O)c1cc(-c2ccc([N+](=O)[O-])cc2)sc1N. The highest BCUT2D eigenvalue weighted by Gasteiger charge is 2.13. The van der Waals surface area contributed by atoms with Gasteiger partial charge in [0.25, 0.3) is 11.6 Å². The van der Waals surface area contributed by atoms with Crippen molar-refractivity contribution in [2.75, 3.05) is 5.73 Å². The van der Waals surface area contributed by atoms with Gasteiger partial charge in [0.15, 0.2) is 0 Å². The van der Waals surface area contributed by atoms with Gasteiger partial charge in [0.05, 0.1) is 15.5 Å². The third-order valence-electron chi connectivity index (χ3n) is 2.39. The molecule has 92 valence electrons. The number of anilines is 1. The number of primary amides is 1. The minimum Gasteiger partial charge on any atom is -0.390 e. The molecule has 0 aliphatic heterocycles. The Morgan fingerprint density at radius 2 is 1.89 bits per heavy atom. The van der Waals surface area contributed by atoms with Crippen molar-refractivity contribution in [3.63, 3.8) is 0 Å². The van der Waals surface area contributed by atoms with Gasteiger partial charge >= 0.3 is 0 Å². The first-order valence-electron chi connectivity index (χ1n) is 4.93. The topological polar surface area (TPSA) is 112 Å². The van der Waals surface area contributed by atoms with Crippen LogP contribution in [0.15, 0.2) is 30.3 Å². The maximum absolute atomic E-state index is 11.1. The van der Waals surface area contributed by atoms with Crippen LogP contribution in [0, 0.1) is 10.1 Å². The van der Waals surface area contributed by atoms with Crippen molar-refractivity contribution in [1.82, 2.24) is 0 Å². The van der Waals surface area contributed by atoms with Crippen LogP contribution in [0.25, 0.3) is 10.4 Å². The average Bonchev–Trinajstić information content (AvgIpc) is 2.71. The van der Waals surface area contributed by atoms with Crippen molar-refractivity contribution in [3.8, 4) is 10.4 Å². The van der Waals surface area contributed by atoms with Crippen LogP contribution < -0.4 is 11.5 Å². The van der Waals surface area contributed by atoms with Gasteiger partial charge in [-0.1, -0.05) is 0 Å². The summed E-state index contributed by atoms with van der Waals surface area (Å²) in [5, 5.41) is 10.9. The maximum atomic E-state index is 11.1. The summed E-state index contributed by atoms with van der Waals surface area (Å²) in [4.78, 5) is 21.9. The van der Waals surface area contributed by atoms with Crippen molar-refractivity contribution in [1.29, 1.82) is 0 Å². The van der Waals surface area contributed by atoms with Gasteiger partial charge in [-0.2, -0.15) is 0 Å². The number of amides is 1. The Labute approximate surface area is 106 Å². The van der Waals surface area contributed by atoms with E-state index in [0.717, 1.165) is 10.4 Å². The van der Waals surface area contributed by atoms with E-state index in [2.05, 4.69) is 0 Å². The molecular formula is C11H9N3O3S. The number of nitro groups is 1. The zero-order valence-corrected chi connectivity index (χ0v) is 9.94. The van der Waals surface area contributed by atoms with Crippen LogP contribution >= 0.6 is 11.3 Å². The second-order valence-electron chi connectivity index (χ2n) is 3.56. The lowest BCUT2D eigenvalue weighted by molar-refractivity contribution is -0.384. The first kappa shape index (κ1) is 12.1. The number of carbonyl (C=O) groups is 1. The van der Waals surface area contributed by atoms with Gasteiger partial charge in [-0.3, -0.25) is 14.9 Å². The predicted octanol–water partition coefficient (Wildman–Crippen LogP) is 2.00. The molecule has 0 spiro atoms. The molecule has 18 heavy (non-hydrogen) atoms. The van der Waals surface area contributed by atoms with E-state index in [1.807, 2.05) is 0 Å². The van der Waals surface area contributed by atoms with E-state index < -0.39 is 10.8 Å². The molecule has 1 amide bonds. The summed E-state index contributed by atoms with van der Waals surface area (Å²) in [6, 6.07) is 7.59. The fourth-order valence-corrected chi connectivity index (χ4v) is 2.42. The standard InChI is InChI=1S/C11H9N3O3S/c12-10(15)8-5-9(18-11(8)13)6-1-3-7(4-2-6)14(16)17/h1-5H,13H2,(H2,12,15). The van der Waals surface area contributed by atoms with Crippen molar-refractivity contribution < 1.29 is 9.72 Å². The van der Waals surface area contributed by atoms with Gasteiger partial charge < -0.3 is 11.5 Å². The number of carbonyl (C=O) groups excluding carboxylic acids is 1. The van der Waals surface area contributed by atoms with Crippen molar-refractivity contribution >= 4 is 27.9 Å². The number of non-ortho nitro benzene ring substituents is 1. The number of hydrogen-bond acceptors (Lipinski definition) is 5. The third kappa shape index (κ3) is 2.16. The molecule has 7 heteroatoms. The Kier molecular flexibility index (Phi) is 2.99. The zero-order chi connectivity index (χ0) is 13.3. The summed E-state index contributed by atoms with van der Waals surface area (Å²) in [5.74, 6) is -0.586. The molecule has 2 aromatic rings. The van der Waals surface area contributed by atoms with Gasteiger partial charge in [0.2, 0.25) is 0 Å². The Bertz CT molecular complexity index is 619. The quantitative estimate of drug-likeness (QED) is 0.651. The van der Waals surface area contributed by atoms with Crippen LogP contribution in [0.2, 0.25) is 0 Å². The summed E-state index contributed by atoms with van der Waals surface area (Å²) in [6.07, 6.45) is 0. The molecular weight excluding hydrogens is 254 g/mol. The predicted molar refractivity (Wildman–Crippen MR) is 69.3 cm³/mol. The highest BCUT2D eigenvalue weighted by Crippen LogP contribution is 2.33. The number of benzene rings is 1. The largest absolute Gasteiger partial charge is 0.390 e. The molecule has 2 rings (SSSR count). The zero-order valence-electron chi connectivity index (χ0n) is 9.12. The van der Waals surface area contributed by atoms with Gasteiger partial charge in [-0.25, -0.2) is 0 Å². The Morgan fingerprint density at radius 1 is 1.28 bits per heavy atom. The molecule has 1 aromatic carbocycles. The number of nitro benzene ring substituents is 1. The summed E-state index contributed by atoms with van der Waals surface area (Å²) in [6.45, 7) is 0. The van der Waals surface area contributed by atoms with Crippen LogP contribution in [0.4, 0.5) is 10.7 Å². The lowest BCUT2D eigenvalue weighted by atomic mass is 10.1. The summed E-state index contributed by atoms with van der Waals surface area (Å²) in [5.41, 5.74) is 11.9. The number of rotatable bonds is 3. The number of hydrogen-bond donors (Lipinski definition) is 2. The van der Waals surface area contributed by atoms with Crippen LogP contribution in [-0.2, 0) is 0 Å². The molecule has 0 saturated carbocycles. The molecule has 0 aliphatic rings. The highest BCUT2D eigenvalue weighted by molar-refractivity contribution is 7.19. The number of nitrogens with zero attached hydrogens (tertiary/aromatic N) is 1. The Balaban J connectivity index is 2.40. The van der Waals surface area contributed by atoms with Crippen LogP contribution in [0.5, 0.6) is 0 Å². The van der Waals surface area contributed by atoms with Gasteiger partial charge in [-0.05, 0) is 23.8 Å². The third-order valence-corrected chi connectivity index (χ3v) is 3.40. The minimum atomic E-state index is -0.586. The first-order valence-corrected chi connectivity index (χ1v) is 5.74. The Morgan fingerprint density at radius 3 is 2.33 bits per heavy atom. The molecule has 1 aromatic heterocycles. The smallest absolute Gasteiger partial charge is 0.269 e. The van der Waals surface area contributed by atoms with E-state index in [0.29, 0.717) is 5.00 Å². The van der Waals surface area contributed by atoms with E-state index in [1.165, 1.54) is 23.5 Å². The van der Waals surface area contributed by atoms with E-state index in [1.54, 1.807) is 18.2 Å². The van der Waals surface area contributed by atoms with Crippen molar-refractivity contribution in [3.05, 3.63) is 46.0 Å². The molecule has 0 radical (unpaired) electrons. The normalized spacial score (nSPS) is 10.2. The summed E-state index contributed by atoms with van der Waals surface area (Å²) in [7, 11) is 0. The van der Waals surface area contributed by atoms with Gasteiger partial charge in [0.1, 0.15) is 0 Å². The number of nitrogens with two attached hydrogens (primary N) is 2. The van der Waals surface area contributed by atoms with Crippen LogP contribution in [0.1, 0.15) is 10.4 Å². The van der Waals surface area contributed by atoms with Crippen molar-refractivity contribution in [2.24, 2.45) is 5.73 Å². The summed E-state index contributed by atoms with van der Waals surface area (Å²) < 4.78 is 0. The maximum Gasteiger partial charge on any atom is 0.269 e. The molecule has 4 N–H and O–H groups in total. The molecule has 0 saturated heterocycles. The van der Waals surface area contributed by atoms with Gasteiger partial charge in [-0.15, -0.1) is 11.3 Å². The molecule has 1 heterocycles. The van der Waals surface area contributed by atoms with Crippen molar-refractivity contribution in [2.45, 2.75) is 0 Å². The molecule has 0 fully saturated rings. The van der Waals surface area contributed by atoms with E-state index >= 15 is 0 Å². The van der Waals surface area contributed by atoms with Gasteiger partial charge in [0, 0.05) is 17.0 Å². The Hall–Kier alpha value is -2.41. The second-order valence-corrected chi connectivity index (χ2v) is 4.64. The lowest BCUT2D eigenvalue weighted by Gasteiger charge is -1.96. The van der Waals surface area contributed by atoms with Crippen LogP contribution in [-0.4, -0.2) is 10.8 Å². The lowest BCUT2D eigenvalue weighted by Crippen LogP contribution is -2.11. The number of thiophene rings is 1. The number of nitrogen functional groups attached to an aromatic ring is 1. The average molecular weight is 263 g/mol. The fourth-order valence-electron chi connectivity index (χ4n) is 1.49. The molecule has 0 aliphatic carbocycles. The monoisotopic (exact) mass is 263 g/mol. The van der Waals surface area contributed by atoms with E-state index in [4.69, 9.17) is 11.5 Å². The fraction of sp³-hybridized carbons (Fsp3) is 0. The first-order chi connectivity index (χ1) is 8.49. The second kappa shape index (κ2) is 4.46.